The highest BCUT2D eigenvalue weighted by Gasteiger charge is 2.40. The van der Waals surface area contributed by atoms with Crippen LogP contribution >= 0.6 is 11.6 Å². The summed E-state index contributed by atoms with van der Waals surface area (Å²) in [5, 5.41) is 13.6. The average Bonchev–Trinajstić information content (AvgIpc) is 3.22. The molecule has 0 aromatic heterocycles. The Hall–Kier alpha value is -2.99. The summed E-state index contributed by atoms with van der Waals surface area (Å²) >= 11 is 6.43. The van der Waals surface area contributed by atoms with Crippen molar-refractivity contribution < 1.29 is 24.2 Å². The molecule has 29 heavy (non-hydrogen) atoms. The van der Waals surface area contributed by atoms with Crippen molar-refractivity contribution in [1.29, 1.82) is 0 Å². The summed E-state index contributed by atoms with van der Waals surface area (Å²) in [4.78, 5) is 23.0. The van der Waals surface area contributed by atoms with Gasteiger partial charge in [-0.25, -0.2) is 9.59 Å². The second kappa shape index (κ2) is 7.79. The number of carboxylic acid groups (broad SMARTS) is 1. The third kappa shape index (κ3) is 3.56. The molecule has 1 aliphatic carbocycles. The molecule has 7 heteroatoms. The standard InChI is InChI=1S/C22H20ClNO5/c1-28-18(25)11-29-13-7-5-12(6-8-13)20-15-4-2-3-14(15)19-16(22(26)27)9-10-17(23)21(19)24-20/h2-3,5-10,14-15,20,24H,4,11H2,1H3,(H,26,27)/t14-,15-,20-/m0/s1. The van der Waals surface area contributed by atoms with E-state index in [-0.39, 0.29) is 30.0 Å². The third-order valence-corrected chi connectivity index (χ3v) is 5.84. The number of anilines is 1. The van der Waals surface area contributed by atoms with E-state index >= 15 is 0 Å². The number of carbonyl (C=O) groups is 2. The molecule has 0 radical (unpaired) electrons. The minimum atomic E-state index is -0.954. The predicted octanol–water partition coefficient (Wildman–Crippen LogP) is 4.42. The molecule has 0 bridgehead atoms. The SMILES string of the molecule is COC(=O)COc1ccc([C@@H]2Nc3c(Cl)ccc(C(=O)O)c3[C@H]3C=CC[C@@H]32)cc1. The number of carbonyl (C=O) groups excluding carboxylic acids is 1. The van der Waals surface area contributed by atoms with Crippen molar-refractivity contribution in [3.8, 4) is 5.75 Å². The number of nitrogens with one attached hydrogen (secondary N) is 1. The molecule has 3 atom stereocenters. The molecule has 2 aliphatic rings. The van der Waals surface area contributed by atoms with Crippen LogP contribution in [0, 0.1) is 5.92 Å². The van der Waals surface area contributed by atoms with Gasteiger partial charge < -0.3 is 19.9 Å². The Morgan fingerprint density at radius 1 is 1.21 bits per heavy atom. The number of fused-ring (bicyclic) bond motifs is 3. The fraction of sp³-hybridized carbons (Fsp3) is 0.273. The Bertz CT molecular complexity index is 985. The van der Waals surface area contributed by atoms with Gasteiger partial charge in [0, 0.05) is 5.92 Å². The Labute approximate surface area is 173 Å². The number of benzene rings is 2. The smallest absolute Gasteiger partial charge is 0.343 e. The third-order valence-electron chi connectivity index (χ3n) is 5.52. The Morgan fingerprint density at radius 2 is 1.97 bits per heavy atom. The number of halogens is 1. The Kier molecular flexibility index (Phi) is 5.20. The number of esters is 1. The van der Waals surface area contributed by atoms with E-state index in [4.69, 9.17) is 16.3 Å². The van der Waals surface area contributed by atoms with E-state index in [1.165, 1.54) is 7.11 Å². The quantitative estimate of drug-likeness (QED) is 0.557. The number of allylic oxidation sites excluding steroid dienone is 2. The lowest BCUT2D eigenvalue weighted by Crippen LogP contribution is -2.30. The number of aromatic carboxylic acids is 1. The van der Waals surface area contributed by atoms with Gasteiger partial charge in [-0.2, -0.15) is 0 Å². The highest BCUT2D eigenvalue weighted by Crippen LogP contribution is 2.52. The van der Waals surface area contributed by atoms with Gasteiger partial charge in [0.05, 0.1) is 29.4 Å². The molecule has 1 heterocycles. The molecule has 2 N–H and O–H groups in total. The zero-order chi connectivity index (χ0) is 20.5. The number of rotatable bonds is 5. The van der Waals surface area contributed by atoms with Crippen LogP contribution in [0.1, 0.15) is 39.9 Å². The van der Waals surface area contributed by atoms with Crippen LogP contribution in [-0.2, 0) is 9.53 Å². The maximum absolute atomic E-state index is 11.8. The van der Waals surface area contributed by atoms with Crippen molar-refractivity contribution in [2.24, 2.45) is 5.92 Å². The minimum absolute atomic E-state index is 0.0173. The molecule has 2 aromatic carbocycles. The summed E-state index contributed by atoms with van der Waals surface area (Å²) in [6, 6.07) is 10.7. The molecule has 0 saturated carbocycles. The fourth-order valence-corrected chi connectivity index (χ4v) is 4.38. The zero-order valence-electron chi connectivity index (χ0n) is 15.7. The van der Waals surface area contributed by atoms with Crippen LogP contribution in [-0.4, -0.2) is 30.8 Å². The van der Waals surface area contributed by atoms with Crippen LogP contribution in [0.3, 0.4) is 0 Å². The highest BCUT2D eigenvalue weighted by atomic mass is 35.5. The summed E-state index contributed by atoms with van der Waals surface area (Å²) in [6.07, 6.45) is 5.02. The number of ether oxygens (including phenoxy) is 2. The predicted molar refractivity (Wildman–Crippen MR) is 109 cm³/mol. The van der Waals surface area contributed by atoms with Crippen molar-refractivity contribution in [2.45, 2.75) is 18.4 Å². The normalized spacial score (nSPS) is 21.7. The van der Waals surface area contributed by atoms with Gasteiger partial charge in [-0.15, -0.1) is 0 Å². The summed E-state index contributed by atoms with van der Waals surface area (Å²) < 4.78 is 9.99. The number of hydrogen-bond acceptors (Lipinski definition) is 5. The van der Waals surface area contributed by atoms with E-state index in [1.54, 1.807) is 12.1 Å². The number of hydrogen-bond donors (Lipinski definition) is 2. The van der Waals surface area contributed by atoms with Crippen molar-refractivity contribution in [1.82, 2.24) is 0 Å². The van der Waals surface area contributed by atoms with E-state index < -0.39 is 11.9 Å². The van der Waals surface area contributed by atoms with Gasteiger partial charge in [0.1, 0.15) is 5.75 Å². The van der Waals surface area contributed by atoms with Crippen molar-refractivity contribution in [3.63, 3.8) is 0 Å². The van der Waals surface area contributed by atoms with Crippen LogP contribution in [0.2, 0.25) is 5.02 Å². The first-order valence-electron chi connectivity index (χ1n) is 9.28. The Morgan fingerprint density at radius 3 is 2.66 bits per heavy atom. The van der Waals surface area contributed by atoms with Crippen molar-refractivity contribution in [2.75, 3.05) is 19.0 Å². The molecule has 0 spiro atoms. The first-order valence-corrected chi connectivity index (χ1v) is 9.66. The summed E-state index contributed by atoms with van der Waals surface area (Å²) in [6.45, 7) is -0.146. The molecule has 1 aliphatic heterocycles. The Balaban J connectivity index is 1.65. The van der Waals surface area contributed by atoms with E-state index in [0.717, 1.165) is 17.5 Å². The molecular weight excluding hydrogens is 394 g/mol. The van der Waals surface area contributed by atoms with Crippen LogP contribution in [0.25, 0.3) is 0 Å². The summed E-state index contributed by atoms with van der Waals surface area (Å²) in [5.74, 6) is -0.660. The van der Waals surface area contributed by atoms with E-state index in [2.05, 4.69) is 22.2 Å². The maximum Gasteiger partial charge on any atom is 0.343 e. The molecule has 0 amide bonds. The van der Waals surface area contributed by atoms with E-state index in [0.29, 0.717) is 16.5 Å². The molecule has 0 fully saturated rings. The number of methoxy groups -OCH3 is 1. The van der Waals surface area contributed by atoms with Gasteiger partial charge in [-0.05, 0) is 47.7 Å². The molecular formula is C22H20ClNO5. The first kappa shape index (κ1) is 19.3. The monoisotopic (exact) mass is 413 g/mol. The molecule has 0 unspecified atom stereocenters. The largest absolute Gasteiger partial charge is 0.482 e. The van der Waals surface area contributed by atoms with Gasteiger partial charge in [-0.1, -0.05) is 35.9 Å². The lowest BCUT2D eigenvalue weighted by Gasteiger charge is -2.38. The van der Waals surface area contributed by atoms with Gasteiger partial charge in [-0.3, -0.25) is 0 Å². The van der Waals surface area contributed by atoms with Crippen LogP contribution in [0.4, 0.5) is 5.69 Å². The number of carboxylic acids is 1. The highest BCUT2D eigenvalue weighted by molar-refractivity contribution is 6.33. The van der Waals surface area contributed by atoms with E-state index in [1.807, 2.05) is 24.3 Å². The molecule has 4 rings (SSSR count). The lowest BCUT2D eigenvalue weighted by atomic mass is 9.75. The van der Waals surface area contributed by atoms with Crippen LogP contribution in [0.5, 0.6) is 5.75 Å². The zero-order valence-corrected chi connectivity index (χ0v) is 16.5. The lowest BCUT2D eigenvalue weighted by molar-refractivity contribution is -0.142. The molecule has 0 saturated heterocycles. The second-order valence-electron chi connectivity index (χ2n) is 7.10. The van der Waals surface area contributed by atoms with Gasteiger partial charge in [0.15, 0.2) is 6.61 Å². The second-order valence-corrected chi connectivity index (χ2v) is 7.51. The van der Waals surface area contributed by atoms with E-state index in [9.17, 15) is 14.7 Å². The van der Waals surface area contributed by atoms with Crippen molar-refractivity contribution >= 4 is 29.2 Å². The molecule has 150 valence electrons. The maximum atomic E-state index is 11.8. The summed E-state index contributed by atoms with van der Waals surface area (Å²) in [5.41, 5.74) is 2.74. The van der Waals surface area contributed by atoms with Gasteiger partial charge in [0.2, 0.25) is 0 Å². The van der Waals surface area contributed by atoms with Crippen LogP contribution < -0.4 is 10.1 Å². The van der Waals surface area contributed by atoms with Crippen LogP contribution in [0.15, 0.2) is 48.6 Å². The van der Waals surface area contributed by atoms with Gasteiger partial charge >= 0.3 is 11.9 Å². The topological polar surface area (TPSA) is 84.9 Å². The first-order chi connectivity index (χ1) is 14.0. The fourth-order valence-electron chi connectivity index (χ4n) is 4.16. The minimum Gasteiger partial charge on any atom is -0.482 e. The van der Waals surface area contributed by atoms with Gasteiger partial charge in [0.25, 0.3) is 0 Å². The molecule has 6 nitrogen and oxygen atoms in total. The average molecular weight is 414 g/mol. The molecule has 2 aromatic rings. The summed E-state index contributed by atoms with van der Waals surface area (Å²) in [7, 11) is 1.31. The van der Waals surface area contributed by atoms with Crippen molar-refractivity contribution in [3.05, 3.63) is 70.3 Å².